The highest BCUT2D eigenvalue weighted by Crippen LogP contribution is 2.31. The van der Waals surface area contributed by atoms with Gasteiger partial charge in [0.25, 0.3) is 10.1 Å². The van der Waals surface area contributed by atoms with Crippen molar-refractivity contribution in [1.82, 2.24) is 26.2 Å². The van der Waals surface area contributed by atoms with Gasteiger partial charge in [-0.1, -0.05) is 88.4 Å². The molecule has 4 amide bonds. The molecule has 0 radical (unpaired) electrons. The second-order valence-corrected chi connectivity index (χ2v) is 17.4. The minimum atomic E-state index is -3.87. The number of rotatable bonds is 23. The van der Waals surface area contributed by atoms with Crippen LogP contribution in [-0.4, -0.2) is 125 Å². The molecule has 0 spiro atoms. The van der Waals surface area contributed by atoms with Gasteiger partial charge < -0.3 is 30.7 Å². The molecule has 0 unspecified atom stereocenters. The quantitative estimate of drug-likeness (QED) is 0.0937. The van der Waals surface area contributed by atoms with Crippen molar-refractivity contribution in [3.8, 4) is 0 Å². The number of ketones is 1. The number of carbonyl (C=O) groups is 5. The molecule has 2 aliphatic heterocycles. The van der Waals surface area contributed by atoms with Crippen LogP contribution in [0.5, 0.6) is 0 Å². The highest BCUT2D eigenvalue weighted by atomic mass is 32.2. The summed E-state index contributed by atoms with van der Waals surface area (Å²) < 4.78 is 39.1. The van der Waals surface area contributed by atoms with E-state index in [9.17, 15) is 32.4 Å². The van der Waals surface area contributed by atoms with Crippen LogP contribution in [0.3, 0.4) is 0 Å². The first-order valence-corrected chi connectivity index (χ1v) is 21.5. The zero-order chi connectivity index (χ0) is 41.6. The molecule has 2 aromatic rings. The summed E-state index contributed by atoms with van der Waals surface area (Å²) in [6, 6.07) is 14.4. The Labute approximate surface area is 336 Å². The molecule has 2 aliphatic rings. The summed E-state index contributed by atoms with van der Waals surface area (Å²) in [6.45, 7) is 9.32. The Kier molecular flexibility index (Phi) is 17.2. The van der Waals surface area contributed by atoms with Crippen LogP contribution in [0.15, 0.2) is 60.7 Å². The standard InChI is InChI=1S/C41H59N5O10S/c1-28(2)22-33(37(48)41(26-55-41)27-56-57(5,52)53)43-40(51)35(24-31-14-10-7-11-15-31)45-39(50)34(23-29(3)4)44-38(49)32(17-16-30-12-8-6-9-13-30)42-36(47)25-46-18-20-54-21-19-46/h6-15,28-29,32-35H,16-27H2,1-5H3,(H,42,47)(H,43,51)(H,44,49)(H,45,50)/t32-,33-,34-,35-,41-/m0/s1. The Hall–Kier alpha value is -4.22. The van der Waals surface area contributed by atoms with E-state index in [1.54, 1.807) is 12.1 Å². The van der Waals surface area contributed by atoms with Gasteiger partial charge in [0, 0.05) is 19.5 Å². The summed E-state index contributed by atoms with van der Waals surface area (Å²) in [5.74, 6) is -2.72. The SMILES string of the molecule is CC(C)C[C@H](NC(=O)[C@H](CCc1ccccc1)NC(=O)CN1CCOCC1)C(=O)N[C@@H](Cc1ccccc1)C(=O)N[C@@H](CC(C)C)C(=O)[C@@]1(COS(C)(=O)=O)CO1. The predicted molar refractivity (Wildman–Crippen MR) is 213 cm³/mol. The van der Waals surface area contributed by atoms with Crippen molar-refractivity contribution in [2.45, 2.75) is 89.6 Å². The van der Waals surface area contributed by atoms with Crippen LogP contribution < -0.4 is 21.3 Å². The van der Waals surface area contributed by atoms with Gasteiger partial charge >= 0.3 is 0 Å². The lowest BCUT2D eigenvalue weighted by atomic mass is 9.92. The molecular formula is C41H59N5O10S. The molecule has 16 heteroatoms. The van der Waals surface area contributed by atoms with E-state index in [0.717, 1.165) is 17.4 Å². The third-order valence-corrected chi connectivity index (χ3v) is 10.3. The van der Waals surface area contributed by atoms with Crippen molar-refractivity contribution in [2.75, 3.05) is 52.3 Å². The highest BCUT2D eigenvalue weighted by molar-refractivity contribution is 7.86. The Bertz CT molecular complexity index is 1750. The van der Waals surface area contributed by atoms with E-state index in [1.807, 2.05) is 81.1 Å². The molecule has 2 heterocycles. The molecule has 57 heavy (non-hydrogen) atoms. The summed E-state index contributed by atoms with van der Waals surface area (Å²) in [7, 11) is -3.87. The Morgan fingerprint density at radius 1 is 0.737 bits per heavy atom. The van der Waals surface area contributed by atoms with Gasteiger partial charge in [-0.2, -0.15) is 8.42 Å². The predicted octanol–water partition coefficient (Wildman–Crippen LogP) is 1.54. The molecule has 4 N–H and O–H groups in total. The zero-order valence-corrected chi connectivity index (χ0v) is 34.5. The van der Waals surface area contributed by atoms with Gasteiger partial charge in [-0.25, -0.2) is 0 Å². The molecule has 2 fully saturated rings. The van der Waals surface area contributed by atoms with E-state index in [0.29, 0.717) is 32.7 Å². The molecule has 2 aromatic carbocycles. The van der Waals surface area contributed by atoms with E-state index in [2.05, 4.69) is 21.3 Å². The number of hydrogen-bond acceptors (Lipinski definition) is 11. The van der Waals surface area contributed by atoms with Crippen LogP contribution in [0, 0.1) is 11.8 Å². The second-order valence-electron chi connectivity index (χ2n) is 15.8. The fraction of sp³-hybridized carbons (Fsp3) is 0.585. The van der Waals surface area contributed by atoms with Gasteiger partial charge in [-0.3, -0.25) is 33.1 Å². The fourth-order valence-corrected chi connectivity index (χ4v) is 7.02. The van der Waals surface area contributed by atoms with E-state index >= 15 is 0 Å². The number of nitrogens with zero attached hydrogens (tertiary/aromatic N) is 1. The fourth-order valence-electron chi connectivity index (χ4n) is 6.61. The normalized spacial score (nSPS) is 19.2. The van der Waals surface area contributed by atoms with Crippen LogP contribution in [-0.2, 0) is 60.6 Å². The summed E-state index contributed by atoms with van der Waals surface area (Å²) in [6.07, 6.45) is 2.18. The van der Waals surface area contributed by atoms with Gasteiger partial charge in [0.2, 0.25) is 23.6 Å². The molecular weight excluding hydrogens is 755 g/mol. The lowest BCUT2D eigenvalue weighted by Gasteiger charge is -2.29. The van der Waals surface area contributed by atoms with Gasteiger partial charge in [-0.05, 0) is 48.6 Å². The molecule has 0 bridgehead atoms. The molecule has 0 aromatic heterocycles. The largest absolute Gasteiger partial charge is 0.379 e. The molecule has 0 saturated carbocycles. The number of carbonyl (C=O) groups excluding carboxylic acids is 5. The van der Waals surface area contributed by atoms with E-state index in [4.69, 9.17) is 13.7 Å². The molecule has 2 saturated heterocycles. The monoisotopic (exact) mass is 813 g/mol. The van der Waals surface area contributed by atoms with Gasteiger partial charge in [0.1, 0.15) is 24.7 Å². The Morgan fingerprint density at radius 3 is 1.81 bits per heavy atom. The number of aryl methyl sites for hydroxylation is 1. The molecule has 15 nitrogen and oxygen atoms in total. The van der Waals surface area contributed by atoms with Crippen LogP contribution >= 0.6 is 0 Å². The minimum absolute atomic E-state index is 0.0435. The van der Waals surface area contributed by atoms with Gasteiger partial charge in [0.15, 0.2) is 11.4 Å². The van der Waals surface area contributed by atoms with Crippen LogP contribution in [0.25, 0.3) is 0 Å². The summed E-state index contributed by atoms with van der Waals surface area (Å²) in [5.41, 5.74) is 0.206. The Balaban J connectivity index is 1.53. The number of nitrogens with one attached hydrogen (secondary N) is 4. The molecule has 5 atom stereocenters. The summed E-state index contributed by atoms with van der Waals surface area (Å²) >= 11 is 0. The first kappa shape index (κ1) is 45.5. The summed E-state index contributed by atoms with van der Waals surface area (Å²) in [4.78, 5) is 71.3. The first-order valence-electron chi connectivity index (χ1n) is 19.6. The number of Topliss-reactive ketones (excluding diaryl/α,β-unsaturated/α-hetero) is 1. The van der Waals surface area contributed by atoms with Crippen LogP contribution in [0.4, 0.5) is 0 Å². The number of morpholine rings is 1. The van der Waals surface area contributed by atoms with Crippen molar-refractivity contribution in [1.29, 1.82) is 0 Å². The average Bonchev–Trinajstić information content (AvgIpc) is 3.96. The van der Waals surface area contributed by atoms with Gasteiger partial charge in [0.05, 0.1) is 38.7 Å². The maximum absolute atomic E-state index is 14.2. The maximum atomic E-state index is 14.2. The molecule has 314 valence electrons. The minimum Gasteiger partial charge on any atom is -0.379 e. The van der Waals surface area contributed by atoms with Crippen molar-refractivity contribution in [3.05, 3.63) is 71.8 Å². The third-order valence-electron chi connectivity index (χ3n) is 9.73. The van der Waals surface area contributed by atoms with E-state index in [1.165, 1.54) is 0 Å². The highest BCUT2D eigenvalue weighted by Gasteiger charge is 2.55. The van der Waals surface area contributed by atoms with Crippen molar-refractivity contribution in [2.24, 2.45) is 11.8 Å². The van der Waals surface area contributed by atoms with Crippen molar-refractivity contribution in [3.63, 3.8) is 0 Å². The smallest absolute Gasteiger partial charge is 0.264 e. The average molecular weight is 814 g/mol. The number of hydrogen-bond donors (Lipinski definition) is 4. The second kappa shape index (κ2) is 21.5. The number of benzene rings is 2. The maximum Gasteiger partial charge on any atom is 0.264 e. The lowest BCUT2D eigenvalue weighted by molar-refractivity contribution is -0.135. The van der Waals surface area contributed by atoms with Gasteiger partial charge in [-0.15, -0.1) is 0 Å². The third kappa shape index (κ3) is 15.6. The number of epoxide rings is 1. The molecule has 0 aliphatic carbocycles. The van der Waals surface area contributed by atoms with E-state index in [-0.39, 0.29) is 56.6 Å². The van der Waals surface area contributed by atoms with E-state index < -0.39 is 70.0 Å². The topological polar surface area (TPSA) is 202 Å². The lowest BCUT2D eigenvalue weighted by Crippen LogP contribution is -2.59. The van der Waals surface area contributed by atoms with Crippen molar-refractivity contribution >= 4 is 39.5 Å². The van der Waals surface area contributed by atoms with Crippen LogP contribution in [0.2, 0.25) is 0 Å². The number of amides is 4. The zero-order valence-electron chi connectivity index (χ0n) is 33.7. The Morgan fingerprint density at radius 2 is 1.25 bits per heavy atom. The molecule has 4 rings (SSSR count). The van der Waals surface area contributed by atoms with Crippen LogP contribution in [0.1, 0.15) is 58.1 Å². The first-order chi connectivity index (χ1) is 27.0. The summed E-state index contributed by atoms with van der Waals surface area (Å²) in [5, 5.41) is 11.4. The van der Waals surface area contributed by atoms with Crippen molar-refractivity contribution < 1.29 is 46.0 Å². The number of ether oxygens (including phenoxy) is 2.